The molecule has 1 heterocycles. The summed E-state index contributed by atoms with van der Waals surface area (Å²) >= 11 is 5.76. The summed E-state index contributed by atoms with van der Waals surface area (Å²) < 4.78 is 1.38. The molecule has 1 amide bonds. The first-order valence-corrected chi connectivity index (χ1v) is 5.05. The van der Waals surface area contributed by atoms with Crippen LogP contribution in [0.2, 0.25) is 5.02 Å². The number of aromatic nitrogens is 2. The lowest BCUT2D eigenvalue weighted by molar-refractivity contribution is 0.0707. The number of rotatable bonds is 2. The third-order valence-corrected chi connectivity index (χ3v) is 2.48. The molecule has 2 rings (SSSR count). The highest BCUT2D eigenvalue weighted by Gasteiger charge is 2.15. The molecule has 0 aliphatic rings. The lowest BCUT2D eigenvalue weighted by Crippen LogP contribution is -2.19. The Morgan fingerprint density at radius 2 is 2.06 bits per heavy atom. The van der Waals surface area contributed by atoms with Gasteiger partial charge in [-0.05, 0) is 24.3 Å². The molecule has 88 valence electrons. The van der Waals surface area contributed by atoms with Crippen LogP contribution in [0.4, 0.5) is 5.82 Å². The molecular weight excluding hydrogens is 244 g/mol. The summed E-state index contributed by atoms with van der Waals surface area (Å²) in [6, 6.07) is 6.80. The number of amides is 1. The fourth-order valence-electron chi connectivity index (χ4n) is 1.38. The second kappa shape index (κ2) is 4.44. The molecule has 0 saturated heterocycles. The number of hydroxylamine groups is 1. The first kappa shape index (κ1) is 11.4. The highest BCUT2D eigenvalue weighted by molar-refractivity contribution is 6.30. The highest BCUT2D eigenvalue weighted by Crippen LogP contribution is 2.18. The summed E-state index contributed by atoms with van der Waals surface area (Å²) in [5, 5.41) is 13.1. The van der Waals surface area contributed by atoms with Gasteiger partial charge in [0.1, 0.15) is 11.4 Å². The molecule has 0 saturated carbocycles. The van der Waals surface area contributed by atoms with Crippen LogP contribution in [0.3, 0.4) is 0 Å². The summed E-state index contributed by atoms with van der Waals surface area (Å²) in [4.78, 5) is 11.2. The number of carbonyl (C=O) groups is 1. The fourth-order valence-corrected chi connectivity index (χ4v) is 1.51. The molecule has 1 aromatic heterocycles. The standard InChI is InChI=1S/C10H9ClN4O2/c11-6-1-3-7(4-2-6)15-9(12)8(5-13-15)10(16)14-17/h1-5,17H,12H2,(H,14,16). The number of hydrogen-bond acceptors (Lipinski definition) is 4. The van der Waals surface area contributed by atoms with Crippen molar-refractivity contribution in [3.05, 3.63) is 41.0 Å². The number of nitrogens with one attached hydrogen (secondary N) is 1. The van der Waals surface area contributed by atoms with Crippen LogP contribution in [0, 0.1) is 0 Å². The molecule has 4 N–H and O–H groups in total. The number of nitrogen functional groups attached to an aromatic ring is 1. The minimum Gasteiger partial charge on any atom is -0.383 e. The van der Waals surface area contributed by atoms with Crippen molar-refractivity contribution in [3.8, 4) is 5.69 Å². The number of nitrogens with zero attached hydrogens (tertiary/aromatic N) is 2. The van der Waals surface area contributed by atoms with Crippen molar-refractivity contribution >= 4 is 23.3 Å². The van der Waals surface area contributed by atoms with Crippen LogP contribution in [0.1, 0.15) is 10.4 Å². The molecule has 0 aliphatic heterocycles. The van der Waals surface area contributed by atoms with E-state index >= 15 is 0 Å². The van der Waals surface area contributed by atoms with Gasteiger partial charge in [0.25, 0.3) is 5.91 Å². The summed E-state index contributed by atoms with van der Waals surface area (Å²) in [6.07, 6.45) is 1.27. The molecule has 0 unspecified atom stereocenters. The van der Waals surface area contributed by atoms with E-state index < -0.39 is 5.91 Å². The number of carbonyl (C=O) groups excluding carboxylic acids is 1. The molecule has 1 aromatic carbocycles. The Hall–Kier alpha value is -2.05. The zero-order valence-corrected chi connectivity index (χ0v) is 9.35. The molecular formula is C10H9ClN4O2. The van der Waals surface area contributed by atoms with E-state index in [1.54, 1.807) is 24.3 Å². The molecule has 7 heteroatoms. The van der Waals surface area contributed by atoms with Crippen LogP contribution < -0.4 is 11.2 Å². The molecule has 0 spiro atoms. The van der Waals surface area contributed by atoms with E-state index in [9.17, 15) is 4.79 Å². The maximum absolute atomic E-state index is 11.2. The summed E-state index contributed by atoms with van der Waals surface area (Å²) in [7, 11) is 0. The van der Waals surface area contributed by atoms with Crippen molar-refractivity contribution in [2.45, 2.75) is 0 Å². The number of halogens is 1. The van der Waals surface area contributed by atoms with Crippen molar-refractivity contribution in [1.29, 1.82) is 0 Å². The van der Waals surface area contributed by atoms with Crippen molar-refractivity contribution in [1.82, 2.24) is 15.3 Å². The van der Waals surface area contributed by atoms with E-state index in [0.717, 1.165) is 0 Å². The Bertz CT molecular complexity index is 550. The maximum Gasteiger partial charge on any atom is 0.280 e. The van der Waals surface area contributed by atoms with Crippen LogP contribution in [-0.2, 0) is 0 Å². The van der Waals surface area contributed by atoms with Crippen molar-refractivity contribution in [3.63, 3.8) is 0 Å². The Balaban J connectivity index is 2.44. The van der Waals surface area contributed by atoms with E-state index in [1.165, 1.54) is 16.4 Å². The average Bonchev–Trinajstić information content (AvgIpc) is 2.71. The van der Waals surface area contributed by atoms with Crippen molar-refractivity contribution < 1.29 is 10.0 Å². The normalized spacial score (nSPS) is 10.2. The van der Waals surface area contributed by atoms with Crippen molar-refractivity contribution in [2.75, 3.05) is 5.73 Å². The number of hydrogen-bond donors (Lipinski definition) is 3. The van der Waals surface area contributed by atoms with Gasteiger partial charge in [0.2, 0.25) is 0 Å². The fraction of sp³-hybridized carbons (Fsp3) is 0. The van der Waals surface area contributed by atoms with Crippen LogP contribution in [-0.4, -0.2) is 20.9 Å². The van der Waals surface area contributed by atoms with E-state index in [1.807, 2.05) is 0 Å². The third kappa shape index (κ3) is 2.08. The molecule has 17 heavy (non-hydrogen) atoms. The topological polar surface area (TPSA) is 93.2 Å². The SMILES string of the molecule is Nc1c(C(=O)NO)cnn1-c1ccc(Cl)cc1. The van der Waals surface area contributed by atoms with E-state index in [4.69, 9.17) is 22.5 Å². The summed E-state index contributed by atoms with van der Waals surface area (Å²) in [5.41, 5.74) is 8.02. The van der Waals surface area contributed by atoms with Gasteiger partial charge in [0, 0.05) is 5.02 Å². The van der Waals surface area contributed by atoms with E-state index in [-0.39, 0.29) is 11.4 Å². The molecule has 6 nitrogen and oxygen atoms in total. The quantitative estimate of drug-likeness (QED) is 0.554. The van der Waals surface area contributed by atoms with Crippen LogP contribution in [0.15, 0.2) is 30.5 Å². The van der Waals surface area contributed by atoms with Gasteiger partial charge in [0.15, 0.2) is 0 Å². The van der Waals surface area contributed by atoms with Gasteiger partial charge in [-0.2, -0.15) is 5.10 Å². The second-order valence-corrected chi connectivity index (χ2v) is 3.71. The largest absolute Gasteiger partial charge is 0.383 e. The Morgan fingerprint density at radius 1 is 1.41 bits per heavy atom. The summed E-state index contributed by atoms with van der Waals surface area (Å²) in [6.45, 7) is 0. The second-order valence-electron chi connectivity index (χ2n) is 3.27. The zero-order chi connectivity index (χ0) is 12.4. The smallest absolute Gasteiger partial charge is 0.280 e. The minimum atomic E-state index is -0.706. The van der Waals surface area contributed by atoms with Crippen LogP contribution in [0.5, 0.6) is 0 Å². The third-order valence-electron chi connectivity index (χ3n) is 2.22. The first-order chi connectivity index (χ1) is 8.13. The molecule has 0 atom stereocenters. The van der Waals surface area contributed by atoms with E-state index in [2.05, 4.69) is 5.10 Å². The monoisotopic (exact) mass is 252 g/mol. The lowest BCUT2D eigenvalue weighted by atomic mass is 10.3. The lowest BCUT2D eigenvalue weighted by Gasteiger charge is -2.04. The number of anilines is 1. The zero-order valence-electron chi connectivity index (χ0n) is 8.59. The van der Waals surface area contributed by atoms with Gasteiger partial charge in [-0.3, -0.25) is 10.0 Å². The Kier molecular flexibility index (Phi) is 2.99. The van der Waals surface area contributed by atoms with Gasteiger partial charge in [0.05, 0.1) is 11.9 Å². The number of benzene rings is 1. The summed E-state index contributed by atoms with van der Waals surface area (Å²) in [5.74, 6) is -0.568. The van der Waals surface area contributed by atoms with E-state index in [0.29, 0.717) is 10.7 Å². The Labute approximate surface area is 102 Å². The van der Waals surface area contributed by atoms with Gasteiger partial charge < -0.3 is 5.73 Å². The van der Waals surface area contributed by atoms with Crippen molar-refractivity contribution in [2.24, 2.45) is 0 Å². The molecule has 0 fully saturated rings. The predicted molar refractivity (Wildman–Crippen MR) is 62.2 cm³/mol. The minimum absolute atomic E-state index is 0.0995. The average molecular weight is 253 g/mol. The van der Waals surface area contributed by atoms with Crippen LogP contribution in [0.25, 0.3) is 5.69 Å². The Morgan fingerprint density at radius 3 is 2.65 bits per heavy atom. The predicted octanol–water partition coefficient (Wildman–Crippen LogP) is 1.23. The molecule has 0 aliphatic carbocycles. The number of nitrogens with two attached hydrogens (primary N) is 1. The highest BCUT2D eigenvalue weighted by atomic mass is 35.5. The molecule has 2 aromatic rings. The maximum atomic E-state index is 11.2. The van der Waals surface area contributed by atoms with Crippen LogP contribution >= 0.6 is 11.6 Å². The van der Waals surface area contributed by atoms with Gasteiger partial charge >= 0.3 is 0 Å². The molecule has 0 radical (unpaired) electrons. The van der Waals surface area contributed by atoms with Gasteiger partial charge in [-0.15, -0.1) is 0 Å². The molecule has 0 bridgehead atoms. The van der Waals surface area contributed by atoms with Gasteiger partial charge in [-0.25, -0.2) is 10.2 Å². The van der Waals surface area contributed by atoms with Gasteiger partial charge in [-0.1, -0.05) is 11.6 Å². The first-order valence-electron chi connectivity index (χ1n) is 4.67.